The Bertz CT molecular complexity index is 556. The maximum Gasteiger partial charge on any atom is 0.0223 e. The van der Waals surface area contributed by atoms with Gasteiger partial charge in [0.05, 0.1) is 0 Å². The Morgan fingerprint density at radius 2 is 1.22 bits per heavy atom. The fraction of sp³-hybridized carbons (Fsp3) is 0.300. The molecule has 0 amide bonds. The van der Waals surface area contributed by atoms with E-state index in [1.807, 2.05) is 0 Å². The predicted molar refractivity (Wildman–Crippen MR) is 102 cm³/mol. The van der Waals surface area contributed by atoms with Crippen LogP contribution in [0.2, 0.25) is 0 Å². The van der Waals surface area contributed by atoms with Crippen molar-refractivity contribution in [3.8, 4) is 0 Å². The van der Waals surface area contributed by atoms with Gasteiger partial charge >= 0.3 is 0 Å². The number of allylic oxidation sites excluding steroid dienone is 2. The summed E-state index contributed by atoms with van der Waals surface area (Å²) in [7, 11) is -0.523. The Hall–Kier alpha value is -0.217. The van der Waals surface area contributed by atoms with Gasteiger partial charge in [-0.15, -0.1) is 0 Å². The Morgan fingerprint density at radius 3 is 1.61 bits per heavy atom. The molecule has 0 radical (unpaired) electrons. The molecule has 2 rings (SSSR count). The van der Waals surface area contributed by atoms with E-state index in [4.69, 9.17) is 11.6 Å². The summed E-state index contributed by atoms with van der Waals surface area (Å²) in [6.45, 7) is 4.43. The summed E-state index contributed by atoms with van der Waals surface area (Å²) in [5, 5.41) is 5.30. The summed E-state index contributed by atoms with van der Waals surface area (Å²) in [6, 6.07) is 21.6. The molecule has 0 aromatic heterocycles. The SMILES string of the molecule is CCCC(Cl)=C(CCC)P(c1ccccc1)c1ccccc1.[Zr]. The van der Waals surface area contributed by atoms with Crippen molar-refractivity contribution < 1.29 is 26.2 Å². The second kappa shape index (κ2) is 11.4. The molecule has 0 fully saturated rings. The molecule has 120 valence electrons. The van der Waals surface area contributed by atoms with Crippen LogP contribution >= 0.6 is 19.5 Å². The fourth-order valence-electron chi connectivity index (χ4n) is 2.58. The molecule has 23 heavy (non-hydrogen) atoms. The first kappa shape index (κ1) is 20.8. The van der Waals surface area contributed by atoms with E-state index in [0.717, 1.165) is 30.7 Å². The minimum absolute atomic E-state index is 0. The second-order valence-corrected chi connectivity index (χ2v) is 8.06. The van der Waals surface area contributed by atoms with Gasteiger partial charge in [-0.1, -0.05) is 99.0 Å². The maximum atomic E-state index is 6.72. The molecule has 0 aliphatic rings. The molecule has 0 nitrogen and oxygen atoms in total. The van der Waals surface area contributed by atoms with Gasteiger partial charge in [0.2, 0.25) is 0 Å². The minimum Gasteiger partial charge on any atom is -0.0888 e. The quantitative estimate of drug-likeness (QED) is 0.469. The van der Waals surface area contributed by atoms with Crippen molar-refractivity contribution >= 4 is 30.1 Å². The van der Waals surface area contributed by atoms with Crippen LogP contribution < -0.4 is 10.6 Å². The average molecular weight is 422 g/mol. The van der Waals surface area contributed by atoms with E-state index in [0.29, 0.717) is 0 Å². The largest absolute Gasteiger partial charge is 0.0888 e. The first-order valence-electron chi connectivity index (χ1n) is 8.05. The second-order valence-electron chi connectivity index (χ2n) is 5.36. The predicted octanol–water partition coefficient (Wildman–Crippen LogP) is 6.17. The van der Waals surface area contributed by atoms with Gasteiger partial charge in [-0.3, -0.25) is 0 Å². The van der Waals surface area contributed by atoms with Gasteiger partial charge in [0.1, 0.15) is 0 Å². The van der Waals surface area contributed by atoms with Crippen LogP contribution in [0.4, 0.5) is 0 Å². The minimum atomic E-state index is -0.523. The van der Waals surface area contributed by atoms with Crippen LogP contribution in [0, 0.1) is 0 Å². The summed E-state index contributed by atoms with van der Waals surface area (Å²) < 4.78 is 0. The van der Waals surface area contributed by atoms with Gasteiger partial charge in [-0.2, -0.15) is 0 Å². The van der Waals surface area contributed by atoms with E-state index in [2.05, 4.69) is 74.5 Å². The average Bonchev–Trinajstić information content (AvgIpc) is 2.56. The van der Waals surface area contributed by atoms with Gasteiger partial charge in [0, 0.05) is 31.2 Å². The molecule has 0 saturated heterocycles. The normalized spacial score (nSPS) is 11.8. The van der Waals surface area contributed by atoms with Crippen molar-refractivity contribution in [2.45, 2.75) is 39.5 Å². The molecule has 2 aromatic rings. The molecular weight excluding hydrogens is 398 g/mol. The van der Waals surface area contributed by atoms with Crippen molar-refractivity contribution in [2.75, 3.05) is 0 Å². The smallest absolute Gasteiger partial charge is 0.0223 e. The van der Waals surface area contributed by atoms with Crippen LogP contribution in [-0.2, 0) is 26.2 Å². The molecule has 0 unspecified atom stereocenters. The Labute approximate surface area is 166 Å². The Morgan fingerprint density at radius 1 is 0.783 bits per heavy atom. The van der Waals surface area contributed by atoms with Crippen molar-refractivity contribution in [1.82, 2.24) is 0 Å². The molecule has 0 aliphatic heterocycles. The van der Waals surface area contributed by atoms with Crippen LogP contribution in [0.5, 0.6) is 0 Å². The first-order chi connectivity index (χ1) is 10.8. The van der Waals surface area contributed by atoms with Crippen molar-refractivity contribution in [1.29, 1.82) is 0 Å². The van der Waals surface area contributed by atoms with Crippen LogP contribution in [0.3, 0.4) is 0 Å². The zero-order valence-corrected chi connectivity index (χ0v) is 18.0. The van der Waals surface area contributed by atoms with E-state index >= 15 is 0 Å². The van der Waals surface area contributed by atoms with E-state index in [1.54, 1.807) is 0 Å². The topological polar surface area (TPSA) is 0 Å². The number of hydrogen-bond acceptors (Lipinski definition) is 0. The number of hydrogen-bond donors (Lipinski definition) is 0. The molecule has 0 heterocycles. The molecule has 0 bridgehead atoms. The van der Waals surface area contributed by atoms with Gasteiger partial charge in [-0.05, 0) is 36.7 Å². The maximum absolute atomic E-state index is 6.72. The van der Waals surface area contributed by atoms with E-state index < -0.39 is 7.92 Å². The molecule has 0 saturated carbocycles. The van der Waals surface area contributed by atoms with Gasteiger partial charge in [0.25, 0.3) is 0 Å². The number of halogens is 1. The van der Waals surface area contributed by atoms with Crippen LogP contribution in [-0.4, -0.2) is 0 Å². The summed E-state index contributed by atoms with van der Waals surface area (Å²) in [5.41, 5.74) is 0. The van der Waals surface area contributed by atoms with E-state index in [-0.39, 0.29) is 26.2 Å². The number of rotatable bonds is 7. The molecule has 0 N–H and O–H groups in total. The molecule has 0 aliphatic carbocycles. The van der Waals surface area contributed by atoms with Crippen molar-refractivity contribution in [3.05, 3.63) is 71.0 Å². The van der Waals surface area contributed by atoms with Crippen LogP contribution in [0.1, 0.15) is 39.5 Å². The molecule has 3 heteroatoms. The number of benzene rings is 2. The Balaban J connectivity index is 0.00000264. The van der Waals surface area contributed by atoms with Crippen LogP contribution in [0.15, 0.2) is 71.0 Å². The third kappa shape index (κ3) is 5.97. The first-order valence-corrected chi connectivity index (χ1v) is 9.77. The van der Waals surface area contributed by atoms with E-state index in [1.165, 1.54) is 15.9 Å². The Kier molecular flexibility index (Phi) is 10.3. The third-order valence-corrected chi connectivity index (χ3v) is 6.78. The van der Waals surface area contributed by atoms with Crippen molar-refractivity contribution in [2.24, 2.45) is 0 Å². The summed E-state index contributed by atoms with van der Waals surface area (Å²) >= 11 is 6.72. The van der Waals surface area contributed by atoms with Gasteiger partial charge < -0.3 is 0 Å². The standard InChI is InChI=1S/C20H24ClP.Zr/c1-3-11-19(21)20(12-4-2)22(17-13-7-5-8-14-17)18-15-9-6-10-16-18;/h5-10,13-16H,3-4,11-12H2,1-2H3;. The van der Waals surface area contributed by atoms with Crippen LogP contribution in [0.25, 0.3) is 0 Å². The molecule has 0 spiro atoms. The van der Waals surface area contributed by atoms with Gasteiger partial charge in [-0.25, -0.2) is 0 Å². The van der Waals surface area contributed by atoms with Gasteiger partial charge in [0.15, 0.2) is 0 Å². The molecule has 2 aromatic carbocycles. The monoisotopic (exact) mass is 420 g/mol. The van der Waals surface area contributed by atoms with E-state index in [9.17, 15) is 0 Å². The fourth-order valence-corrected chi connectivity index (χ4v) is 5.78. The summed E-state index contributed by atoms with van der Waals surface area (Å²) in [4.78, 5) is 0. The third-order valence-electron chi connectivity index (χ3n) is 3.57. The van der Waals surface area contributed by atoms with Crippen molar-refractivity contribution in [3.63, 3.8) is 0 Å². The molecular formula is C20H24ClPZr. The summed E-state index contributed by atoms with van der Waals surface area (Å²) in [6.07, 6.45) is 4.29. The zero-order valence-electron chi connectivity index (χ0n) is 13.9. The summed E-state index contributed by atoms with van der Waals surface area (Å²) in [5.74, 6) is 0. The molecule has 0 atom stereocenters. The zero-order chi connectivity index (χ0) is 15.8.